The van der Waals surface area contributed by atoms with Crippen LogP contribution in [-0.2, 0) is 19.6 Å². The van der Waals surface area contributed by atoms with E-state index in [2.05, 4.69) is 11.1 Å². The maximum Gasteiger partial charge on any atom is 0.270 e. The Morgan fingerprint density at radius 3 is 2.56 bits per heavy atom. The van der Waals surface area contributed by atoms with E-state index in [1.54, 1.807) is 4.90 Å². The molecule has 0 fully saturated rings. The van der Waals surface area contributed by atoms with Crippen molar-refractivity contribution >= 4 is 5.91 Å². The monoisotopic (exact) mass is 360 g/mol. The van der Waals surface area contributed by atoms with Crippen molar-refractivity contribution in [1.29, 1.82) is 0 Å². The second-order valence-corrected chi connectivity index (χ2v) is 6.59. The molecule has 3 aromatic rings. The molecule has 1 aliphatic heterocycles. The lowest BCUT2D eigenvalue weighted by molar-refractivity contribution is 0.0728. The minimum Gasteiger partial charge on any atom is -0.483 e. The zero-order valence-corrected chi connectivity index (χ0v) is 14.9. The topological polar surface area (TPSA) is 62.4 Å². The zero-order chi connectivity index (χ0) is 18.6. The van der Waals surface area contributed by atoms with Gasteiger partial charge in [0.2, 0.25) is 5.43 Å². The lowest BCUT2D eigenvalue weighted by atomic mass is 10.00. The highest BCUT2D eigenvalue weighted by atomic mass is 16.5. The Labute approximate surface area is 157 Å². The fourth-order valence-electron chi connectivity index (χ4n) is 3.27. The Balaban J connectivity index is 1.46. The molecule has 0 spiro atoms. The average Bonchev–Trinajstić information content (AvgIpc) is 2.72. The summed E-state index contributed by atoms with van der Waals surface area (Å²) >= 11 is 0. The number of amides is 1. The van der Waals surface area contributed by atoms with Crippen molar-refractivity contribution in [3.05, 3.63) is 99.5 Å². The molecule has 136 valence electrons. The van der Waals surface area contributed by atoms with Gasteiger partial charge in [-0.15, -0.1) is 0 Å². The van der Waals surface area contributed by atoms with Crippen LogP contribution in [0.5, 0.6) is 5.75 Å². The number of benzene rings is 2. The van der Waals surface area contributed by atoms with Crippen LogP contribution in [-0.4, -0.2) is 22.3 Å². The van der Waals surface area contributed by atoms with Gasteiger partial charge in [0.25, 0.3) is 5.91 Å². The molecule has 27 heavy (non-hydrogen) atoms. The molecule has 0 radical (unpaired) electrons. The van der Waals surface area contributed by atoms with Gasteiger partial charge < -0.3 is 14.6 Å². The third kappa shape index (κ3) is 3.77. The molecule has 0 unspecified atom stereocenters. The minimum atomic E-state index is -0.301. The highest BCUT2D eigenvalue weighted by Crippen LogP contribution is 2.20. The third-order valence-electron chi connectivity index (χ3n) is 4.76. The largest absolute Gasteiger partial charge is 0.483 e. The van der Waals surface area contributed by atoms with Crippen molar-refractivity contribution in [3.63, 3.8) is 0 Å². The second kappa shape index (κ2) is 7.50. The summed E-state index contributed by atoms with van der Waals surface area (Å²) in [7, 11) is 0. The molecule has 0 saturated heterocycles. The second-order valence-electron chi connectivity index (χ2n) is 6.59. The van der Waals surface area contributed by atoms with Crippen LogP contribution in [0.4, 0.5) is 0 Å². The van der Waals surface area contributed by atoms with Crippen LogP contribution in [0.25, 0.3) is 0 Å². The van der Waals surface area contributed by atoms with Crippen molar-refractivity contribution in [1.82, 2.24) is 9.88 Å². The van der Waals surface area contributed by atoms with Gasteiger partial charge in [0.15, 0.2) is 5.75 Å². The molecule has 0 atom stereocenters. The summed E-state index contributed by atoms with van der Waals surface area (Å²) in [5.74, 6) is 0.0376. The number of carbonyl (C=O) groups excluding carboxylic acids is 1. The lowest BCUT2D eigenvalue weighted by Gasteiger charge is -2.28. The first-order valence-electron chi connectivity index (χ1n) is 8.96. The van der Waals surface area contributed by atoms with E-state index in [9.17, 15) is 9.59 Å². The predicted molar refractivity (Wildman–Crippen MR) is 103 cm³/mol. The van der Waals surface area contributed by atoms with Gasteiger partial charge in [-0.2, -0.15) is 0 Å². The van der Waals surface area contributed by atoms with E-state index in [1.165, 1.54) is 17.8 Å². The SMILES string of the molecule is O=C(c1cc(=O)c(OCc2ccccc2)c[nH]1)N1CCc2ccccc2C1. The van der Waals surface area contributed by atoms with Crippen molar-refractivity contribution in [3.8, 4) is 5.75 Å². The van der Waals surface area contributed by atoms with E-state index in [0.29, 0.717) is 19.7 Å². The van der Waals surface area contributed by atoms with E-state index in [0.717, 1.165) is 17.5 Å². The molecular weight excluding hydrogens is 340 g/mol. The van der Waals surface area contributed by atoms with E-state index in [4.69, 9.17) is 4.74 Å². The zero-order valence-electron chi connectivity index (χ0n) is 14.9. The molecule has 5 heteroatoms. The number of aromatic amines is 1. The maximum atomic E-state index is 12.8. The van der Waals surface area contributed by atoms with Gasteiger partial charge in [-0.3, -0.25) is 9.59 Å². The first-order chi connectivity index (χ1) is 13.2. The smallest absolute Gasteiger partial charge is 0.270 e. The number of hydrogen-bond donors (Lipinski definition) is 1. The van der Waals surface area contributed by atoms with Crippen LogP contribution in [0, 0.1) is 0 Å². The summed E-state index contributed by atoms with van der Waals surface area (Å²) in [4.78, 5) is 29.8. The molecule has 2 aromatic carbocycles. The lowest BCUT2D eigenvalue weighted by Crippen LogP contribution is -2.36. The highest BCUT2D eigenvalue weighted by Gasteiger charge is 2.22. The number of rotatable bonds is 4. The van der Waals surface area contributed by atoms with Gasteiger partial charge in [0, 0.05) is 25.4 Å². The number of hydrogen-bond acceptors (Lipinski definition) is 3. The van der Waals surface area contributed by atoms with Gasteiger partial charge in [-0.05, 0) is 23.1 Å². The van der Waals surface area contributed by atoms with E-state index >= 15 is 0 Å². The fourth-order valence-corrected chi connectivity index (χ4v) is 3.27. The molecule has 1 aromatic heterocycles. The van der Waals surface area contributed by atoms with Crippen LogP contribution in [0.2, 0.25) is 0 Å². The Bertz CT molecular complexity index is 1010. The normalized spacial score (nSPS) is 13.1. The minimum absolute atomic E-state index is 0.170. The van der Waals surface area contributed by atoms with Crippen molar-refractivity contribution in [2.24, 2.45) is 0 Å². The molecule has 4 rings (SSSR count). The average molecular weight is 360 g/mol. The van der Waals surface area contributed by atoms with Gasteiger partial charge >= 0.3 is 0 Å². The molecule has 0 saturated carbocycles. The molecule has 1 aliphatic rings. The molecule has 0 aliphatic carbocycles. The van der Waals surface area contributed by atoms with Gasteiger partial charge in [0.1, 0.15) is 12.3 Å². The number of carbonyl (C=O) groups is 1. The molecule has 5 nitrogen and oxygen atoms in total. The number of nitrogens with zero attached hydrogens (tertiary/aromatic N) is 1. The molecule has 2 heterocycles. The van der Waals surface area contributed by atoms with Crippen molar-refractivity contribution in [2.45, 2.75) is 19.6 Å². The quantitative estimate of drug-likeness (QED) is 0.777. The first kappa shape index (κ1) is 17.1. The van der Waals surface area contributed by atoms with E-state index in [1.807, 2.05) is 48.5 Å². The summed E-state index contributed by atoms with van der Waals surface area (Å²) in [5.41, 5.74) is 3.39. The number of aromatic nitrogens is 1. The Hall–Kier alpha value is -3.34. The van der Waals surface area contributed by atoms with Crippen LogP contribution < -0.4 is 10.2 Å². The van der Waals surface area contributed by atoms with Crippen LogP contribution >= 0.6 is 0 Å². The molecule has 1 N–H and O–H groups in total. The summed E-state index contributed by atoms with van der Waals surface area (Å²) in [6.07, 6.45) is 2.29. The number of fused-ring (bicyclic) bond motifs is 1. The van der Waals surface area contributed by atoms with Gasteiger partial charge in [0.05, 0.1) is 0 Å². The highest BCUT2D eigenvalue weighted by molar-refractivity contribution is 5.92. The maximum absolute atomic E-state index is 12.8. The van der Waals surface area contributed by atoms with E-state index in [-0.39, 0.29) is 22.8 Å². The van der Waals surface area contributed by atoms with Gasteiger partial charge in [-0.25, -0.2) is 0 Å². The predicted octanol–water partition coefficient (Wildman–Crippen LogP) is 3.15. The number of ether oxygens (including phenoxy) is 1. The Morgan fingerprint density at radius 1 is 1.04 bits per heavy atom. The van der Waals surface area contributed by atoms with Crippen molar-refractivity contribution in [2.75, 3.05) is 6.54 Å². The Morgan fingerprint density at radius 2 is 1.78 bits per heavy atom. The molecular formula is C22H20N2O3. The Kier molecular flexibility index (Phi) is 4.75. The molecule has 1 amide bonds. The fraction of sp³-hybridized carbons (Fsp3) is 0.182. The first-order valence-corrected chi connectivity index (χ1v) is 8.96. The van der Waals surface area contributed by atoms with E-state index < -0.39 is 0 Å². The summed E-state index contributed by atoms with van der Waals surface area (Å²) in [6, 6.07) is 19.1. The number of nitrogens with one attached hydrogen (secondary N) is 1. The standard InChI is InChI=1S/C22H20N2O3/c25-20-12-19(23-13-21(20)27-15-16-6-2-1-3-7-16)22(26)24-11-10-17-8-4-5-9-18(17)14-24/h1-9,12-13H,10-11,14-15H2,(H,23,25). The summed E-state index contributed by atoms with van der Waals surface area (Å²) < 4.78 is 5.58. The molecule has 0 bridgehead atoms. The third-order valence-corrected chi connectivity index (χ3v) is 4.76. The summed E-state index contributed by atoms with van der Waals surface area (Å²) in [6.45, 7) is 1.51. The number of H-pyrrole nitrogens is 1. The van der Waals surface area contributed by atoms with Crippen LogP contribution in [0.3, 0.4) is 0 Å². The van der Waals surface area contributed by atoms with Crippen LogP contribution in [0.15, 0.2) is 71.7 Å². The van der Waals surface area contributed by atoms with Crippen molar-refractivity contribution < 1.29 is 9.53 Å². The van der Waals surface area contributed by atoms with Crippen LogP contribution in [0.1, 0.15) is 27.2 Å². The van der Waals surface area contributed by atoms with Gasteiger partial charge in [-0.1, -0.05) is 54.6 Å². The number of pyridine rings is 1. The summed E-state index contributed by atoms with van der Waals surface area (Å²) in [5, 5.41) is 0.